The molecule has 0 saturated carbocycles. The van der Waals surface area contributed by atoms with Crippen molar-refractivity contribution in [2.24, 2.45) is 0 Å². The van der Waals surface area contributed by atoms with Crippen LogP contribution in [0.4, 0.5) is 4.39 Å². The molecule has 1 N–H and O–H groups in total. The van der Waals surface area contributed by atoms with E-state index in [0.717, 1.165) is 64.2 Å². The summed E-state index contributed by atoms with van der Waals surface area (Å²) in [5.41, 5.74) is 3.99. The van der Waals surface area contributed by atoms with Crippen molar-refractivity contribution in [2.75, 3.05) is 26.3 Å². The number of hydrogen-bond acceptors (Lipinski definition) is 4. The number of aliphatic carboxylic acids is 1. The van der Waals surface area contributed by atoms with Crippen LogP contribution in [-0.2, 0) is 17.8 Å². The van der Waals surface area contributed by atoms with E-state index >= 15 is 0 Å². The van der Waals surface area contributed by atoms with Gasteiger partial charge in [0.25, 0.3) is 0 Å². The molecule has 1 fully saturated rings. The number of likely N-dealkylation sites (tertiary alicyclic amines) is 1. The Kier molecular flexibility index (Phi) is 8.24. The van der Waals surface area contributed by atoms with E-state index in [9.17, 15) is 14.3 Å². The monoisotopic (exact) mass is 479 g/mol. The second kappa shape index (κ2) is 11.5. The molecule has 0 aliphatic carbocycles. The molecule has 0 bridgehead atoms. The van der Waals surface area contributed by atoms with Crippen molar-refractivity contribution in [3.8, 4) is 22.6 Å². The van der Waals surface area contributed by atoms with Crippen molar-refractivity contribution in [1.29, 1.82) is 0 Å². The first-order valence-electron chi connectivity index (χ1n) is 12.5. The zero-order valence-corrected chi connectivity index (χ0v) is 20.6. The minimum atomic E-state index is -0.804. The number of fused-ring (bicyclic) bond motifs is 1. The lowest BCUT2D eigenvalue weighted by atomic mass is 9.92. The van der Waals surface area contributed by atoms with Crippen LogP contribution >= 0.6 is 0 Å². The molecule has 1 saturated heterocycles. The molecular formula is C29H34FNO4. The summed E-state index contributed by atoms with van der Waals surface area (Å²) < 4.78 is 25.9. The molecule has 0 unspecified atom stereocenters. The lowest BCUT2D eigenvalue weighted by Crippen LogP contribution is -2.33. The molecule has 0 atom stereocenters. The van der Waals surface area contributed by atoms with Gasteiger partial charge in [0.2, 0.25) is 0 Å². The minimum Gasteiger partial charge on any atom is -0.493 e. The number of alkyl halides is 1. The Labute approximate surface area is 206 Å². The molecule has 5 nitrogen and oxygen atoms in total. The summed E-state index contributed by atoms with van der Waals surface area (Å²) in [6.45, 7) is 7.19. The maximum Gasteiger partial charge on any atom is 0.303 e. The number of aryl methyl sites for hydroxylation is 1. The van der Waals surface area contributed by atoms with Crippen LogP contribution in [-0.4, -0.2) is 48.5 Å². The van der Waals surface area contributed by atoms with Crippen LogP contribution < -0.4 is 9.47 Å². The van der Waals surface area contributed by atoms with Crippen LogP contribution in [0.5, 0.6) is 11.5 Å². The van der Waals surface area contributed by atoms with E-state index in [2.05, 4.69) is 29.2 Å². The Balaban J connectivity index is 1.79. The van der Waals surface area contributed by atoms with Crippen molar-refractivity contribution >= 4 is 16.7 Å². The number of ether oxygens (including phenoxy) is 2. The fraction of sp³-hybridized carbons (Fsp3) is 0.414. The van der Waals surface area contributed by atoms with Gasteiger partial charge in [-0.1, -0.05) is 36.4 Å². The largest absolute Gasteiger partial charge is 0.493 e. The molecule has 0 radical (unpaired) electrons. The zero-order valence-electron chi connectivity index (χ0n) is 20.6. The molecule has 3 aromatic carbocycles. The number of piperidine rings is 1. The van der Waals surface area contributed by atoms with Crippen LogP contribution in [0.2, 0.25) is 0 Å². The second-order valence-electron chi connectivity index (χ2n) is 9.00. The van der Waals surface area contributed by atoms with Gasteiger partial charge in [-0.15, -0.1) is 0 Å². The smallest absolute Gasteiger partial charge is 0.303 e. The Bertz CT molecular complexity index is 1140. The molecule has 0 aromatic heterocycles. The van der Waals surface area contributed by atoms with Gasteiger partial charge >= 0.3 is 5.97 Å². The predicted molar refractivity (Wildman–Crippen MR) is 137 cm³/mol. The SMILES string of the molecule is CCOc1cc(CN2CCC(F)CC2)cc(OCC)c1-c1cccc2c(CCC(=O)O)cccc12. The van der Waals surface area contributed by atoms with Crippen LogP contribution in [0.25, 0.3) is 21.9 Å². The maximum atomic E-state index is 13.6. The average molecular weight is 480 g/mol. The fourth-order valence-electron chi connectivity index (χ4n) is 4.91. The number of benzene rings is 3. The summed E-state index contributed by atoms with van der Waals surface area (Å²) in [6, 6.07) is 16.3. The summed E-state index contributed by atoms with van der Waals surface area (Å²) in [6.07, 6.45) is 1.02. The highest BCUT2D eigenvalue weighted by atomic mass is 19.1. The molecule has 1 heterocycles. The molecule has 1 aliphatic rings. The molecule has 4 rings (SSSR count). The van der Waals surface area contributed by atoms with Crippen LogP contribution in [0.3, 0.4) is 0 Å². The Morgan fingerprint density at radius 2 is 1.63 bits per heavy atom. The van der Waals surface area contributed by atoms with E-state index in [0.29, 0.717) is 32.5 Å². The lowest BCUT2D eigenvalue weighted by Gasteiger charge is -2.29. The topological polar surface area (TPSA) is 59.0 Å². The van der Waals surface area contributed by atoms with Gasteiger partial charge in [-0.3, -0.25) is 9.69 Å². The average Bonchev–Trinajstić information content (AvgIpc) is 2.84. The van der Waals surface area contributed by atoms with Crippen molar-refractivity contribution < 1.29 is 23.8 Å². The summed E-state index contributed by atoms with van der Waals surface area (Å²) in [4.78, 5) is 13.4. The van der Waals surface area contributed by atoms with E-state index in [1.54, 1.807) is 0 Å². The predicted octanol–water partition coefficient (Wildman–Crippen LogP) is 6.26. The van der Waals surface area contributed by atoms with Gasteiger partial charge in [-0.05, 0) is 72.7 Å². The molecule has 3 aromatic rings. The normalized spacial score (nSPS) is 14.8. The van der Waals surface area contributed by atoms with Crippen molar-refractivity contribution in [3.63, 3.8) is 0 Å². The van der Waals surface area contributed by atoms with Gasteiger partial charge in [0.1, 0.15) is 17.7 Å². The Morgan fingerprint density at radius 3 is 2.26 bits per heavy atom. The standard InChI is InChI=1S/C29H34FNO4/c1-3-34-26-17-20(19-31-15-13-22(30)14-16-31)18-27(35-4-2)29(26)25-10-6-8-23-21(11-12-28(32)33)7-5-9-24(23)25/h5-10,17-18,22H,3-4,11-16,19H2,1-2H3,(H,32,33). The number of nitrogens with zero attached hydrogens (tertiary/aromatic N) is 1. The first-order valence-corrected chi connectivity index (χ1v) is 12.5. The Hall–Kier alpha value is -3.12. The van der Waals surface area contributed by atoms with Gasteiger partial charge in [0, 0.05) is 26.1 Å². The van der Waals surface area contributed by atoms with E-state index in [1.807, 2.05) is 38.1 Å². The maximum absolute atomic E-state index is 13.6. The molecule has 186 valence electrons. The molecule has 6 heteroatoms. The van der Waals surface area contributed by atoms with Gasteiger partial charge < -0.3 is 14.6 Å². The number of rotatable bonds is 10. The van der Waals surface area contributed by atoms with E-state index in [4.69, 9.17) is 9.47 Å². The molecule has 0 spiro atoms. The minimum absolute atomic E-state index is 0.0894. The first-order chi connectivity index (χ1) is 17.0. The van der Waals surface area contributed by atoms with Gasteiger partial charge in [0.05, 0.1) is 18.8 Å². The summed E-state index contributed by atoms with van der Waals surface area (Å²) in [7, 11) is 0. The molecule has 35 heavy (non-hydrogen) atoms. The Morgan fingerprint density at radius 1 is 1.00 bits per heavy atom. The first kappa shape index (κ1) is 25.0. The number of hydrogen-bond donors (Lipinski definition) is 1. The highest BCUT2D eigenvalue weighted by molar-refractivity contribution is 6.01. The number of carbonyl (C=O) groups is 1. The third-order valence-corrected chi connectivity index (χ3v) is 6.54. The van der Waals surface area contributed by atoms with Crippen LogP contribution in [0.15, 0.2) is 48.5 Å². The van der Waals surface area contributed by atoms with E-state index in [1.165, 1.54) is 0 Å². The van der Waals surface area contributed by atoms with Crippen LogP contribution in [0, 0.1) is 0 Å². The number of carboxylic acids is 1. The quantitative estimate of drug-likeness (QED) is 0.372. The van der Waals surface area contributed by atoms with Crippen LogP contribution in [0.1, 0.15) is 44.2 Å². The third-order valence-electron chi connectivity index (χ3n) is 6.54. The second-order valence-corrected chi connectivity index (χ2v) is 9.00. The van der Waals surface area contributed by atoms with Gasteiger partial charge in [-0.25, -0.2) is 4.39 Å². The molecule has 1 aliphatic heterocycles. The van der Waals surface area contributed by atoms with Gasteiger partial charge in [-0.2, -0.15) is 0 Å². The lowest BCUT2D eigenvalue weighted by molar-refractivity contribution is -0.136. The molecule has 0 amide bonds. The highest BCUT2D eigenvalue weighted by Gasteiger charge is 2.22. The number of halogens is 1. The van der Waals surface area contributed by atoms with E-state index < -0.39 is 12.1 Å². The van der Waals surface area contributed by atoms with Crippen molar-refractivity contribution in [2.45, 2.75) is 52.2 Å². The van der Waals surface area contributed by atoms with Crippen molar-refractivity contribution in [1.82, 2.24) is 4.90 Å². The molecular weight excluding hydrogens is 445 g/mol. The van der Waals surface area contributed by atoms with E-state index in [-0.39, 0.29) is 6.42 Å². The summed E-state index contributed by atoms with van der Waals surface area (Å²) >= 11 is 0. The van der Waals surface area contributed by atoms with Gasteiger partial charge in [0.15, 0.2) is 0 Å². The highest BCUT2D eigenvalue weighted by Crippen LogP contribution is 2.43. The third kappa shape index (κ3) is 5.93. The summed E-state index contributed by atoms with van der Waals surface area (Å²) in [5.74, 6) is 0.719. The van der Waals surface area contributed by atoms with Crippen molar-refractivity contribution in [3.05, 3.63) is 59.7 Å². The fourth-order valence-corrected chi connectivity index (χ4v) is 4.91. The zero-order chi connectivity index (χ0) is 24.8. The summed E-state index contributed by atoms with van der Waals surface area (Å²) in [5, 5.41) is 11.2. The number of carboxylic acid groups (broad SMARTS) is 1.